The molecule has 4 heteroatoms. The van der Waals surface area contributed by atoms with Crippen molar-refractivity contribution in [3.8, 4) is 0 Å². The molecular weight excluding hydrogens is 497 g/mol. The first-order chi connectivity index (χ1) is 15.0. The molecule has 0 aromatic heterocycles. The van der Waals surface area contributed by atoms with Crippen molar-refractivity contribution >= 4 is 40.1 Å². The zero-order chi connectivity index (χ0) is 21.5. The minimum atomic E-state index is -0.467. The summed E-state index contributed by atoms with van der Waals surface area (Å²) in [6, 6.07) is 22.8. The number of anilines is 1. The standard InChI is InChI=1S/C27H22INO2/c1-3-27-19-10-6-4-8-17(19)22(18-9-5-7-11-20(18)27)23-24(27)26(31)29(25(23)30)21-13-12-16(28)14-15(21)2/h4-14,22-24H,3H2,1-2H3/t22?,23-,24-,27?/m0/s1. The summed E-state index contributed by atoms with van der Waals surface area (Å²) in [5, 5.41) is 0. The largest absolute Gasteiger partial charge is 0.274 e. The van der Waals surface area contributed by atoms with Gasteiger partial charge in [-0.25, -0.2) is 4.90 Å². The minimum absolute atomic E-state index is 0.0461. The molecule has 0 spiro atoms. The van der Waals surface area contributed by atoms with E-state index in [1.807, 2.05) is 25.1 Å². The summed E-state index contributed by atoms with van der Waals surface area (Å²) in [4.78, 5) is 29.5. The molecule has 2 bridgehead atoms. The van der Waals surface area contributed by atoms with Gasteiger partial charge in [-0.1, -0.05) is 55.5 Å². The molecule has 2 amide bonds. The number of hydrogen-bond acceptors (Lipinski definition) is 2. The number of carbonyl (C=O) groups is 2. The predicted octanol–water partition coefficient (Wildman–Crippen LogP) is 5.56. The molecule has 3 nitrogen and oxygen atoms in total. The van der Waals surface area contributed by atoms with Crippen LogP contribution in [0.2, 0.25) is 0 Å². The Morgan fingerprint density at radius 3 is 2.10 bits per heavy atom. The highest BCUT2D eigenvalue weighted by Crippen LogP contribution is 2.65. The third-order valence-corrected chi connectivity index (χ3v) is 8.42. The van der Waals surface area contributed by atoms with Crippen molar-refractivity contribution in [3.63, 3.8) is 0 Å². The third kappa shape index (κ3) is 2.24. The number of hydrogen-bond donors (Lipinski definition) is 0. The smallest absolute Gasteiger partial charge is 0.238 e. The molecule has 7 rings (SSSR count). The van der Waals surface area contributed by atoms with E-state index in [1.54, 1.807) is 0 Å². The Bertz CT molecular complexity index is 1230. The van der Waals surface area contributed by atoms with Crippen LogP contribution < -0.4 is 4.90 Å². The van der Waals surface area contributed by atoms with E-state index < -0.39 is 5.41 Å². The van der Waals surface area contributed by atoms with Gasteiger partial charge in [0.1, 0.15) is 0 Å². The maximum absolute atomic E-state index is 14.1. The molecule has 1 fully saturated rings. The van der Waals surface area contributed by atoms with Crippen LogP contribution in [-0.4, -0.2) is 11.8 Å². The Balaban J connectivity index is 1.64. The summed E-state index contributed by atoms with van der Waals surface area (Å²) in [7, 11) is 0. The number of nitrogens with zero attached hydrogens (tertiary/aromatic N) is 1. The molecule has 154 valence electrons. The van der Waals surface area contributed by atoms with Gasteiger partial charge in [0, 0.05) is 14.9 Å². The van der Waals surface area contributed by atoms with E-state index in [1.165, 1.54) is 27.2 Å². The molecular formula is C27H22INO2. The Hall–Kier alpha value is -2.47. The van der Waals surface area contributed by atoms with Gasteiger partial charge in [0.25, 0.3) is 0 Å². The predicted molar refractivity (Wildman–Crippen MR) is 129 cm³/mol. The topological polar surface area (TPSA) is 37.4 Å². The first-order valence-corrected chi connectivity index (χ1v) is 11.9. The molecule has 2 atom stereocenters. The second-order valence-electron chi connectivity index (χ2n) is 8.92. The summed E-state index contributed by atoms with van der Waals surface area (Å²) >= 11 is 2.27. The average Bonchev–Trinajstić information content (AvgIpc) is 3.05. The lowest BCUT2D eigenvalue weighted by molar-refractivity contribution is -0.123. The van der Waals surface area contributed by atoms with Gasteiger partial charge < -0.3 is 0 Å². The SMILES string of the molecule is CCC12c3ccccc3C(c3ccccc31)[C@@H]1C(=O)N(c3ccc(I)cc3C)C(=O)[C@H]12. The van der Waals surface area contributed by atoms with Gasteiger partial charge in [-0.2, -0.15) is 0 Å². The lowest BCUT2D eigenvalue weighted by Crippen LogP contribution is -2.53. The Kier molecular flexibility index (Phi) is 4.04. The number of imide groups is 1. The van der Waals surface area contributed by atoms with Crippen molar-refractivity contribution < 1.29 is 9.59 Å². The van der Waals surface area contributed by atoms with Crippen LogP contribution in [-0.2, 0) is 15.0 Å². The number of benzene rings is 3. The van der Waals surface area contributed by atoms with Crippen molar-refractivity contribution in [1.29, 1.82) is 0 Å². The summed E-state index contributed by atoms with van der Waals surface area (Å²) in [6.45, 7) is 4.14. The highest BCUT2D eigenvalue weighted by atomic mass is 127. The van der Waals surface area contributed by atoms with Crippen LogP contribution in [0.5, 0.6) is 0 Å². The molecule has 0 unspecified atom stereocenters. The van der Waals surface area contributed by atoms with E-state index in [0.717, 1.165) is 21.2 Å². The van der Waals surface area contributed by atoms with Crippen LogP contribution in [0.3, 0.4) is 0 Å². The number of carbonyl (C=O) groups excluding carboxylic acids is 2. The average molecular weight is 519 g/mol. The number of halogens is 1. The first kappa shape index (κ1) is 19.2. The van der Waals surface area contributed by atoms with Crippen molar-refractivity contribution in [3.05, 3.63) is 98.1 Å². The van der Waals surface area contributed by atoms with Gasteiger partial charge in [-0.3, -0.25) is 9.59 Å². The van der Waals surface area contributed by atoms with Crippen LogP contribution in [0.1, 0.15) is 47.1 Å². The van der Waals surface area contributed by atoms with Crippen LogP contribution in [0, 0.1) is 22.3 Å². The van der Waals surface area contributed by atoms with Crippen LogP contribution in [0.15, 0.2) is 66.7 Å². The van der Waals surface area contributed by atoms with Gasteiger partial charge in [-0.05, 0) is 82.0 Å². The minimum Gasteiger partial charge on any atom is -0.274 e. The van der Waals surface area contributed by atoms with Gasteiger partial charge in [0.2, 0.25) is 11.8 Å². The van der Waals surface area contributed by atoms with Crippen LogP contribution in [0.4, 0.5) is 5.69 Å². The van der Waals surface area contributed by atoms with E-state index in [-0.39, 0.29) is 29.6 Å². The fraction of sp³-hybridized carbons (Fsp3) is 0.259. The lowest BCUT2D eigenvalue weighted by Gasteiger charge is -2.54. The number of amides is 2. The summed E-state index contributed by atoms with van der Waals surface area (Å²) < 4.78 is 1.10. The Morgan fingerprint density at radius 2 is 1.52 bits per heavy atom. The Morgan fingerprint density at radius 1 is 0.903 bits per heavy atom. The maximum atomic E-state index is 14.1. The quantitative estimate of drug-likeness (QED) is 0.329. The lowest BCUT2D eigenvalue weighted by atomic mass is 9.46. The molecule has 4 aliphatic rings. The van der Waals surface area contributed by atoms with E-state index in [4.69, 9.17) is 0 Å². The van der Waals surface area contributed by atoms with Crippen molar-refractivity contribution in [2.45, 2.75) is 31.6 Å². The van der Waals surface area contributed by atoms with Crippen molar-refractivity contribution in [2.75, 3.05) is 4.90 Å². The molecule has 0 N–H and O–H groups in total. The van der Waals surface area contributed by atoms with Crippen molar-refractivity contribution in [2.24, 2.45) is 11.8 Å². The molecule has 1 heterocycles. The summed E-state index contributed by atoms with van der Waals surface area (Å²) in [5.41, 5.74) is 6.10. The van der Waals surface area contributed by atoms with Crippen molar-refractivity contribution in [1.82, 2.24) is 0 Å². The highest BCUT2D eigenvalue weighted by Gasteiger charge is 2.67. The highest BCUT2D eigenvalue weighted by molar-refractivity contribution is 14.1. The normalized spacial score (nSPS) is 27.8. The second-order valence-corrected chi connectivity index (χ2v) is 10.2. The van der Waals surface area contributed by atoms with Crippen LogP contribution in [0.25, 0.3) is 0 Å². The van der Waals surface area contributed by atoms with E-state index in [0.29, 0.717) is 0 Å². The van der Waals surface area contributed by atoms with Crippen LogP contribution >= 0.6 is 22.6 Å². The fourth-order valence-electron chi connectivity index (χ4n) is 6.64. The van der Waals surface area contributed by atoms with Gasteiger partial charge in [0.15, 0.2) is 0 Å². The first-order valence-electron chi connectivity index (χ1n) is 10.8. The summed E-state index contributed by atoms with van der Waals surface area (Å²) in [6.07, 6.45) is 0.785. The number of rotatable bonds is 2. The van der Waals surface area contributed by atoms with Gasteiger partial charge in [0.05, 0.1) is 17.5 Å². The molecule has 31 heavy (non-hydrogen) atoms. The zero-order valence-corrected chi connectivity index (χ0v) is 19.6. The Labute approximate surface area is 195 Å². The fourth-order valence-corrected chi connectivity index (χ4v) is 7.28. The van der Waals surface area contributed by atoms with E-state index in [9.17, 15) is 9.59 Å². The zero-order valence-electron chi connectivity index (χ0n) is 17.4. The number of aryl methyl sites for hydroxylation is 1. The van der Waals surface area contributed by atoms with E-state index >= 15 is 0 Å². The monoisotopic (exact) mass is 519 g/mol. The van der Waals surface area contributed by atoms with E-state index in [2.05, 4.69) is 78.0 Å². The molecule has 0 saturated carbocycles. The summed E-state index contributed by atoms with van der Waals surface area (Å²) in [5.74, 6) is -0.882. The molecule has 1 aliphatic heterocycles. The second kappa shape index (κ2) is 6.52. The van der Waals surface area contributed by atoms with Gasteiger partial charge in [-0.15, -0.1) is 0 Å². The molecule has 3 aromatic rings. The molecule has 1 saturated heterocycles. The molecule has 3 aromatic carbocycles. The molecule has 3 aliphatic carbocycles. The third-order valence-electron chi connectivity index (χ3n) is 7.75. The van der Waals surface area contributed by atoms with Gasteiger partial charge >= 0.3 is 0 Å². The maximum Gasteiger partial charge on any atom is 0.238 e. The molecule has 0 radical (unpaired) electrons.